The van der Waals surface area contributed by atoms with E-state index in [2.05, 4.69) is 11.6 Å². The topological polar surface area (TPSA) is 30.8 Å². The molecule has 16 heavy (non-hydrogen) atoms. The first-order chi connectivity index (χ1) is 7.72. The molecule has 1 atom stereocenters. The Kier molecular flexibility index (Phi) is 3.06. The Morgan fingerprint density at radius 2 is 2.19 bits per heavy atom. The van der Waals surface area contributed by atoms with Gasteiger partial charge in [-0.2, -0.15) is 0 Å². The molecule has 0 radical (unpaired) electrons. The predicted molar refractivity (Wildman–Crippen MR) is 64.7 cm³/mol. The van der Waals surface area contributed by atoms with Gasteiger partial charge in [-0.05, 0) is 26.0 Å². The van der Waals surface area contributed by atoms with Gasteiger partial charge in [0, 0.05) is 12.2 Å². The molecule has 2 rings (SSSR count). The van der Waals surface area contributed by atoms with Crippen LogP contribution >= 0.6 is 0 Å². The average molecular weight is 217 g/mol. The van der Waals surface area contributed by atoms with Gasteiger partial charge in [0.15, 0.2) is 0 Å². The summed E-state index contributed by atoms with van der Waals surface area (Å²) in [6, 6.07) is 7.79. The van der Waals surface area contributed by atoms with E-state index in [0.717, 1.165) is 11.3 Å². The maximum atomic E-state index is 5.56. The second kappa shape index (κ2) is 4.49. The number of rotatable bonds is 3. The highest BCUT2D eigenvalue weighted by molar-refractivity contribution is 5.93. The fourth-order valence-corrected chi connectivity index (χ4v) is 1.62. The number of hydrogen-bond donors (Lipinski definition) is 0. The Bertz CT molecular complexity index is 437. The molecule has 1 aliphatic heterocycles. The zero-order valence-corrected chi connectivity index (χ0v) is 9.56. The van der Waals surface area contributed by atoms with Crippen LogP contribution in [0.25, 0.3) is 5.76 Å². The van der Waals surface area contributed by atoms with Gasteiger partial charge in [0.05, 0.1) is 5.69 Å². The molecular weight excluding hydrogens is 202 g/mol. The molecule has 84 valence electrons. The van der Waals surface area contributed by atoms with Gasteiger partial charge in [0.25, 0.3) is 0 Å². The molecule has 0 fully saturated rings. The molecule has 0 saturated carbocycles. The lowest BCUT2D eigenvalue weighted by molar-refractivity contribution is 0.109. The summed E-state index contributed by atoms with van der Waals surface area (Å²) in [4.78, 5) is 4.42. The first kappa shape index (κ1) is 10.9. The number of benzene rings is 1. The lowest BCUT2D eigenvalue weighted by Gasteiger charge is -2.21. The zero-order chi connectivity index (χ0) is 11.5. The van der Waals surface area contributed by atoms with Crippen molar-refractivity contribution in [2.75, 3.05) is 6.61 Å². The molecule has 1 aliphatic rings. The monoisotopic (exact) mass is 217 g/mol. The predicted octanol–water partition coefficient (Wildman–Crippen LogP) is 3.14. The summed E-state index contributed by atoms with van der Waals surface area (Å²) < 4.78 is 11.0. The van der Waals surface area contributed by atoms with Gasteiger partial charge in [-0.1, -0.05) is 18.7 Å². The summed E-state index contributed by atoms with van der Waals surface area (Å²) in [6.07, 6.45) is -0.143. The van der Waals surface area contributed by atoms with Gasteiger partial charge in [0.2, 0.25) is 5.90 Å². The second-order valence-electron chi connectivity index (χ2n) is 3.59. The minimum Gasteiger partial charge on any atom is -0.440 e. The van der Waals surface area contributed by atoms with Crippen molar-refractivity contribution < 1.29 is 9.47 Å². The third-order valence-corrected chi connectivity index (χ3v) is 2.43. The van der Waals surface area contributed by atoms with Crippen LogP contribution in [-0.2, 0) is 9.47 Å². The highest BCUT2D eigenvalue weighted by Crippen LogP contribution is 2.31. The van der Waals surface area contributed by atoms with Gasteiger partial charge < -0.3 is 9.47 Å². The summed E-state index contributed by atoms with van der Waals surface area (Å²) >= 11 is 0. The Hall–Kier alpha value is -1.61. The maximum absolute atomic E-state index is 5.56. The smallest absolute Gasteiger partial charge is 0.224 e. The van der Waals surface area contributed by atoms with Crippen LogP contribution in [0.5, 0.6) is 0 Å². The van der Waals surface area contributed by atoms with Crippen molar-refractivity contribution in [2.24, 2.45) is 4.99 Å². The van der Waals surface area contributed by atoms with Crippen LogP contribution in [0.1, 0.15) is 19.4 Å². The SMILES string of the molecule is C=C1OC(C(C)OCC)=Nc2ccccc21. The summed E-state index contributed by atoms with van der Waals surface area (Å²) in [5.41, 5.74) is 1.83. The first-order valence-corrected chi connectivity index (χ1v) is 5.38. The van der Waals surface area contributed by atoms with Gasteiger partial charge in [-0.15, -0.1) is 0 Å². The van der Waals surface area contributed by atoms with E-state index in [-0.39, 0.29) is 6.10 Å². The summed E-state index contributed by atoms with van der Waals surface area (Å²) in [5, 5.41) is 0. The third kappa shape index (κ3) is 1.99. The van der Waals surface area contributed by atoms with Crippen LogP contribution in [0.4, 0.5) is 5.69 Å². The molecule has 0 bridgehead atoms. The molecule has 0 amide bonds. The first-order valence-electron chi connectivity index (χ1n) is 5.38. The molecule has 0 saturated heterocycles. The molecule has 0 aliphatic carbocycles. The number of para-hydroxylation sites is 1. The number of aliphatic imine (C=N–C) groups is 1. The average Bonchev–Trinajstić information content (AvgIpc) is 2.29. The van der Waals surface area contributed by atoms with Crippen molar-refractivity contribution in [2.45, 2.75) is 20.0 Å². The van der Waals surface area contributed by atoms with Gasteiger partial charge in [-0.3, -0.25) is 0 Å². The van der Waals surface area contributed by atoms with Crippen molar-refractivity contribution in [3.8, 4) is 0 Å². The Labute approximate surface area is 95.4 Å². The molecule has 0 N–H and O–H groups in total. The largest absolute Gasteiger partial charge is 0.440 e. The molecule has 1 aromatic carbocycles. The minimum absolute atomic E-state index is 0.143. The fourth-order valence-electron chi connectivity index (χ4n) is 1.62. The molecule has 0 spiro atoms. The number of hydrogen-bond acceptors (Lipinski definition) is 3. The van der Waals surface area contributed by atoms with Crippen molar-refractivity contribution in [1.29, 1.82) is 0 Å². The van der Waals surface area contributed by atoms with Crippen molar-refractivity contribution in [1.82, 2.24) is 0 Å². The second-order valence-corrected chi connectivity index (χ2v) is 3.59. The Morgan fingerprint density at radius 3 is 2.94 bits per heavy atom. The van der Waals surface area contributed by atoms with Crippen molar-refractivity contribution >= 4 is 17.3 Å². The Morgan fingerprint density at radius 1 is 1.44 bits per heavy atom. The zero-order valence-electron chi connectivity index (χ0n) is 9.56. The lowest BCUT2D eigenvalue weighted by Crippen LogP contribution is -2.24. The highest BCUT2D eigenvalue weighted by Gasteiger charge is 2.21. The van der Waals surface area contributed by atoms with Crippen LogP contribution in [0, 0.1) is 0 Å². The van der Waals surface area contributed by atoms with Gasteiger partial charge >= 0.3 is 0 Å². The summed E-state index contributed by atoms with van der Waals surface area (Å²) in [7, 11) is 0. The summed E-state index contributed by atoms with van der Waals surface area (Å²) in [6.45, 7) is 8.39. The molecule has 0 aromatic heterocycles. The number of nitrogens with zero attached hydrogens (tertiary/aromatic N) is 1. The number of fused-ring (bicyclic) bond motifs is 1. The van der Waals surface area contributed by atoms with Crippen molar-refractivity contribution in [3.63, 3.8) is 0 Å². The molecule has 3 heteroatoms. The van der Waals surface area contributed by atoms with Crippen LogP contribution in [0.2, 0.25) is 0 Å². The van der Waals surface area contributed by atoms with Gasteiger partial charge in [0.1, 0.15) is 11.9 Å². The minimum atomic E-state index is -0.143. The highest BCUT2D eigenvalue weighted by atomic mass is 16.5. The number of ether oxygens (including phenoxy) is 2. The lowest BCUT2D eigenvalue weighted by atomic mass is 10.1. The molecule has 1 unspecified atom stereocenters. The molecule has 1 aromatic rings. The maximum Gasteiger partial charge on any atom is 0.224 e. The van der Waals surface area contributed by atoms with E-state index in [1.54, 1.807) is 0 Å². The third-order valence-electron chi connectivity index (χ3n) is 2.43. The van der Waals surface area contributed by atoms with Crippen molar-refractivity contribution in [3.05, 3.63) is 36.4 Å². The normalized spacial score (nSPS) is 16.1. The van der Waals surface area contributed by atoms with E-state index in [0.29, 0.717) is 18.3 Å². The molecule has 3 nitrogen and oxygen atoms in total. The quantitative estimate of drug-likeness (QED) is 0.778. The van der Waals surface area contributed by atoms with E-state index in [1.165, 1.54) is 0 Å². The van der Waals surface area contributed by atoms with E-state index in [9.17, 15) is 0 Å². The Balaban J connectivity index is 2.33. The standard InChI is InChI=1S/C13H15NO2/c1-4-15-10(3)13-14-12-8-6-5-7-11(12)9(2)16-13/h5-8,10H,2,4H2,1,3H3. The van der Waals surface area contributed by atoms with Crippen LogP contribution in [0.3, 0.4) is 0 Å². The van der Waals surface area contributed by atoms with Crippen LogP contribution < -0.4 is 0 Å². The molecular formula is C13H15NO2. The van der Waals surface area contributed by atoms with Gasteiger partial charge in [-0.25, -0.2) is 4.99 Å². The van der Waals surface area contributed by atoms with E-state index < -0.39 is 0 Å². The van der Waals surface area contributed by atoms with E-state index >= 15 is 0 Å². The molecule has 1 heterocycles. The fraction of sp³-hybridized carbons (Fsp3) is 0.308. The van der Waals surface area contributed by atoms with Crippen LogP contribution in [-0.4, -0.2) is 18.6 Å². The summed E-state index contributed by atoms with van der Waals surface area (Å²) in [5.74, 6) is 1.21. The van der Waals surface area contributed by atoms with Crippen LogP contribution in [0.15, 0.2) is 35.8 Å². The van der Waals surface area contributed by atoms with E-state index in [1.807, 2.05) is 38.1 Å². The van der Waals surface area contributed by atoms with E-state index in [4.69, 9.17) is 9.47 Å².